The fourth-order valence-electron chi connectivity index (χ4n) is 1.75. The first-order chi connectivity index (χ1) is 8.15. The molecule has 0 spiro atoms. The zero-order chi connectivity index (χ0) is 12.4. The summed E-state index contributed by atoms with van der Waals surface area (Å²) in [6, 6.07) is 0. The van der Waals surface area contributed by atoms with Gasteiger partial charge in [0, 0.05) is 26.0 Å². The number of hydrogen-bond donors (Lipinski definition) is 1. The molecule has 2 aromatic heterocycles. The van der Waals surface area contributed by atoms with Crippen molar-refractivity contribution in [3.63, 3.8) is 0 Å². The SMILES string of the molecule is CCNc1nnc(-c2nccn2C)c(C)c1C. The lowest BCUT2D eigenvalue weighted by Crippen LogP contribution is -2.07. The molecule has 0 radical (unpaired) electrons. The normalized spacial score (nSPS) is 10.6. The highest BCUT2D eigenvalue weighted by atomic mass is 15.2. The van der Waals surface area contributed by atoms with Crippen LogP contribution in [0.2, 0.25) is 0 Å². The summed E-state index contributed by atoms with van der Waals surface area (Å²) in [5.41, 5.74) is 3.08. The Bertz CT molecular complexity index is 530. The Balaban J connectivity index is 2.51. The van der Waals surface area contributed by atoms with Crippen LogP contribution in [0.4, 0.5) is 5.82 Å². The summed E-state index contributed by atoms with van der Waals surface area (Å²) in [6.07, 6.45) is 3.67. The van der Waals surface area contributed by atoms with Crippen molar-refractivity contribution in [1.29, 1.82) is 0 Å². The number of aryl methyl sites for hydroxylation is 1. The fourth-order valence-corrected chi connectivity index (χ4v) is 1.75. The van der Waals surface area contributed by atoms with Crippen molar-refractivity contribution >= 4 is 5.82 Å². The maximum absolute atomic E-state index is 4.30. The van der Waals surface area contributed by atoms with E-state index in [-0.39, 0.29) is 0 Å². The summed E-state index contributed by atoms with van der Waals surface area (Å²) < 4.78 is 1.95. The van der Waals surface area contributed by atoms with E-state index in [1.54, 1.807) is 6.20 Å². The quantitative estimate of drug-likeness (QED) is 0.877. The van der Waals surface area contributed by atoms with Gasteiger partial charge in [0.15, 0.2) is 11.6 Å². The van der Waals surface area contributed by atoms with Gasteiger partial charge in [0.05, 0.1) is 0 Å². The van der Waals surface area contributed by atoms with Crippen molar-refractivity contribution in [1.82, 2.24) is 19.7 Å². The highest BCUT2D eigenvalue weighted by Crippen LogP contribution is 2.24. The first-order valence-electron chi connectivity index (χ1n) is 5.70. The van der Waals surface area contributed by atoms with Gasteiger partial charge in [-0.1, -0.05) is 0 Å². The van der Waals surface area contributed by atoms with E-state index in [4.69, 9.17) is 0 Å². The van der Waals surface area contributed by atoms with Gasteiger partial charge in [0.2, 0.25) is 0 Å². The van der Waals surface area contributed by atoms with Gasteiger partial charge in [-0.05, 0) is 31.9 Å². The van der Waals surface area contributed by atoms with Crippen molar-refractivity contribution in [2.75, 3.05) is 11.9 Å². The first kappa shape index (κ1) is 11.6. The highest BCUT2D eigenvalue weighted by Gasteiger charge is 2.13. The van der Waals surface area contributed by atoms with Crippen molar-refractivity contribution in [3.8, 4) is 11.5 Å². The Morgan fingerprint density at radius 3 is 2.59 bits per heavy atom. The van der Waals surface area contributed by atoms with E-state index >= 15 is 0 Å². The molecule has 0 aliphatic rings. The summed E-state index contributed by atoms with van der Waals surface area (Å²) in [4.78, 5) is 4.30. The minimum absolute atomic E-state index is 0.844. The Hall–Kier alpha value is -1.91. The van der Waals surface area contributed by atoms with Crippen molar-refractivity contribution in [2.24, 2.45) is 7.05 Å². The maximum atomic E-state index is 4.30. The van der Waals surface area contributed by atoms with Crippen molar-refractivity contribution in [3.05, 3.63) is 23.5 Å². The standard InChI is InChI=1S/C12H17N5/c1-5-13-11-9(3)8(2)10(15-16-11)12-14-6-7-17(12)4/h6-7H,5H2,1-4H3,(H,13,16). The lowest BCUT2D eigenvalue weighted by atomic mass is 10.1. The third kappa shape index (κ3) is 2.00. The molecule has 0 atom stereocenters. The Morgan fingerprint density at radius 2 is 2.00 bits per heavy atom. The van der Waals surface area contributed by atoms with Crippen LogP contribution >= 0.6 is 0 Å². The van der Waals surface area contributed by atoms with Crippen LogP contribution in [0.5, 0.6) is 0 Å². The zero-order valence-electron chi connectivity index (χ0n) is 10.7. The molecule has 0 saturated heterocycles. The molecule has 0 aliphatic heterocycles. The van der Waals surface area contributed by atoms with Gasteiger partial charge >= 0.3 is 0 Å². The molecule has 1 N–H and O–H groups in total. The number of nitrogens with zero attached hydrogens (tertiary/aromatic N) is 4. The van der Waals surface area contributed by atoms with E-state index in [0.717, 1.165) is 35.0 Å². The highest BCUT2D eigenvalue weighted by molar-refractivity contribution is 5.61. The van der Waals surface area contributed by atoms with Crippen LogP contribution in [-0.2, 0) is 7.05 Å². The summed E-state index contributed by atoms with van der Waals surface area (Å²) in [6.45, 7) is 6.99. The summed E-state index contributed by atoms with van der Waals surface area (Å²) in [7, 11) is 1.96. The molecular weight excluding hydrogens is 214 g/mol. The third-order valence-corrected chi connectivity index (χ3v) is 2.90. The Kier molecular flexibility index (Phi) is 3.08. The molecule has 2 aromatic rings. The summed E-state index contributed by atoms with van der Waals surface area (Å²) >= 11 is 0. The Morgan fingerprint density at radius 1 is 1.24 bits per heavy atom. The summed E-state index contributed by atoms with van der Waals surface area (Å²) in [5.74, 6) is 1.70. The number of hydrogen-bond acceptors (Lipinski definition) is 4. The van der Waals surface area contributed by atoms with Gasteiger partial charge in [-0.15, -0.1) is 10.2 Å². The second-order valence-electron chi connectivity index (χ2n) is 4.04. The number of imidazole rings is 1. The van der Waals surface area contributed by atoms with Crippen LogP contribution in [0.1, 0.15) is 18.1 Å². The summed E-state index contributed by atoms with van der Waals surface area (Å²) in [5, 5.41) is 11.7. The van der Waals surface area contributed by atoms with Crippen LogP contribution in [-0.4, -0.2) is 26.3 Å². The fraction of sp³-hybridized carbons (Fsp3) is 0.417. The molecule has 2 rings (SSSR count). The molecule has 0 unspecified atom stereocenters. The van der Waals surface area contributed by atoms with E-state index in [0.29, 0.717) is 0 Å². The van der Waals surface area contributed by atoms with Gasteiger partial charge in [0.25, 0.3) is 0 Å². The molecule has 0 aliphatic carbocycles. The van der Waals surface area contributed by atoms with E-state index < -0.39 is 0 Å². The average Bonchev–Trinajstić information content (AvgIpc) is 2.72. The average molecular weight is 231 g/mol. The molecule has 0 aromatic carbocycles. The molecule has 0 fully saturated rings. The number of anilines is 1. The van der Waals surface area contributed by atoms with Crippen LogP contribution in [0.25, 0.3) is 11.5 Å². The zero-order valence-corrected chi connectivity index (χ0v) is 10.7. The van der Waals surface area contributed by atoms with Gasteiger partial charge in [0.1, 0.15) is 5.69 Å². The second kappa shape index (κ2) is 4.53. The molecule has 90 valence electrons. The molecule has 5 nitrogen and oxygen atoms in total. The van der Waals surface area contributed by atoms with Gasteiger partial charge in [-0.25, -0.2) is 4.98 Å². The number of aromatic nitrogens is 4. The van der Waals surface area contributed by atoms with E-state index in [1.165, 1.54) is 0 Å². The minimum Gasteiger partial charge on any atom is -0.369 e. The molecule has 0 bridgehead atoms. The molecule has 17 heavy (non-hydrogen) atoms. The number of nitrogens with one attached hydrogen (secondary N) is 1. The lowest BCUT2D eigenvalue weighted by molar-refractivity contribution is 0.895. The predicted octanol–water partition coefficient (Wildman–Crippen LogP) is 1.93. The van der Waals surface area contributed by atoms with Gasteiger partial charge < -0.3 is 9.88 Å². The molecule has 2 heterocycles. The Labute approximate surface area is 101 Å². The molecular formula is C12H17N5. The molecule has 0 amide bonds. The van der Waals surface area contributed by atoms with Crippen LogP contribution < -0.4 is 5.32 Å². The second-order valence-corrected chi connectivity index (χ2v) is 4.04. The number of rotatable bonds is 3. The van der Waals surface area contributed by atoms with Crippen LogP contribution in [0, 0.1) is 13.8 Å². The van der Waals surface area contributed by atoms with Crippen molar-refractivity contribution in [2.45, 2.75) is 20.8 Å². The maximum Gasteiger partial charge on any atom is 0.160 e. The minimum atomic E-state index is 0.844. The van der Waals surface area contributed by atoms with Gasteiger partial charge in [-0.2, -0.15) is 0 Å². The van der Waals surface area contributed by atoms with Crippen LogP contribution in [0.15, 0.2) is 12.4 Å². The largest absolute Gasteiger partial charge is 0.369 e. The van der Waals surface area contributed by atoms with E-state index in [2.05, 4.69) is 34.3 Å². The third-order valence-electron chi connectivity index (χ3n) is 2.90. The van der Waals surface area contributed by atoms with Crippen LogP contribution in [0.3, 0.4) is 0 Å². The van der Waals surface area contributed by atoms with E-state index in [1.807, 2.05) is 24.7 Å². The van der Waals surface area contributed by atoms with Crippen molar-refractivity contribution < 1.29 is 0 Å². The topological polar surface area (TPSA) is 55.6 Å². The smallest absolute Gasteiger partial charge is 0.160 e. The molecule has 0 saturated carbocycles. The predicted molar refractivity (Wildman–Crippen MR) is 67.9 cm³/mol. The lowest BCUT2D eigenvalue weighted by Gasteiger charge is -2.11. The first-order valence-corrected chi connectivity index (χ1v) is 5.70. The monoisotopic (exact) mass is 231 g/mol. The van der Waals surface area contributed by atoms with Gasteiger partial charge in [-0.3, -0.25) is 0 Å². The van der Waals surface area contributed by atoms with E-state index in [9.17, 15) is 0 Å². The molecule has 5 heteroatoms.